The molecular weight excluding hydrogens is 350 g/mol. The van der Waals surface area contributed by atoms with Crippen LogP contribution in [0.25, 0.3) is 0 Å². The van der Waals surface area contributed by atoms with Gasteiger partial charge in [0, 0.05) is 38.5 Å². The van der Waals surface area contributed by atoms with Gasteiger partial charge in [0.15, 0.2) is 0 Å². The first-order valence-corrected chi connectivity index (χ1v) is 7.50. The van der Waals surface area contributed by atoms with Gasteiger partial charge in [0.2, 0.25) is 0 Å². The van der Waals surface area contributed by atoms with Gasteiger partial charge < -0.3 is 10.1 Å². The molecule has 0 atom stereocenters. The highest BCUT2D eigenvalue weighted by molar-refractivity contribution is 6.36. The molecule has 3 rings (SSSR count). The molecule has 2 aromatic carbocycles. The Morgan fingerprint density at radius 3 is 2.39 bits per heavy atom. The molecule has 0 spiro atoms. The van der Waals surface area contributed by atoms with E-state index in [1.54, 1.807) is 18.2 Å². The lowest BCUT2D eigenvalue weighted by atomic mass is 9.74. The molecule has 122 valence electrons. The molecule has 0 unspecified atom stereocenters. The summed E-state index contributed by atoms with van der Waals surface area (Å²) in [7, 11) is 0. The van der Waals surface area contributed by atoms with Crippen molar-refractivity contribution in [1.29, 1.82) is 0 Å². The molecule has 0 aliphatic carbocycles. The van der Waals surface area contributed by atoms with E-state index in [4.69, 9.17) is 23.2 Å². The van der Waals surface area contributed by atoms with Crippen LogP contribution in [-0.2, 0) is 5.41 Å². The number of rotatable bonds is 1. The summed E-state index contributed by atoms with van der Waals surface area (Å²) in [6, 6.07) is 7.58. The fourth-order valence-corrected chi connectivity index (χ4v) is 3.69. The number of anilines is 2. The van der Waals surface area contributed by atoms with Gasteiger partial charge in [-0.3, -0.25) is 0 Å². The quantitative estimate of drug-likeness (QED) is 0.645. The topological polar surface area (TPSA) is 21.3 Å². The summed E-state index contributed by atoms with van der Waals surface area (Å²) in [5, 5.41) is 4.04. The van der Waals surface area contributed by atoms with Gasteiger partial charge in [0.25, 0.3) is 0 Å². The van der Waals surface area contributed by atoms with E-state index in [1.807, 2.05) is 13.8 Å². The Kier molecular flexibility index (Phi) is 3.69. The smallest absolute Gasteiger partial charge is 0.406 e. The van der Waals surface area contributed by atoms with Crippen molar-refractivity contribution in [3.05, 3.63) is 51.5 Å². The number of benzene rings is 2. The highest BCUT2D eigenvalue weighted by Crippen LogP contribution is 2.49. The van der Waals surface area contributed by atoms with E-state index >= 15 is 0 Å². The van der Waals surface area contributed by atoms with Crippen molar-refractivity contribution in [1.82, 2.24) is 0 Å². The van der Waals surface area contributed by atoms with Crippen LogP contribution in [0.4, 0.5) is 24.5 Å². The zero-order chi connectivity index (χ0) is 17.0. The van der Waals surface area contributed by atoms with Crippen molar-refractivity contribution in [2.75, 3.05) is 5.32 Å². The first kappa shape index (κ1) is 16.3. The second-order valence-corrected chi connectivity index (χ2v) is 6.66. The molecule has 0 aromatic heterocycles. The van der Waals surface area contributed by atoms with Crippen LogP contribution in [-0.4, -0.2) is 6.36 Å². The summed E-state index contributed by atoms with van der Waals surface area (Å²) in [5.74, 6) is -0.281. The van der Waals surface area contributed by atoms with Crippen molar-refractivity contribution in [2.24, 2.45) is 0 Å². The Labute approximate surface area is 141 Å². The molecule has 2 aromatic rings. The molecule has 2 nitrogen and oxygen atoms in total. The van der Waals surface area contributed by atoms with E-state index in [1.165, 1.54) is 12.1 Å². The highest BCUT2D eigenvalue weighted by atomic mass is 35.5. The van der Waals surface area contributed by atoms with Gasteiger partial charge >= 0.3 is 6.36 Å². The minimum Gasteiger partial charge on any atom is -0.406 e. The molecule has 0 saturated carbocycles. The molecule has 0 fully saturated rings. The normalized spacial score (nSPS) is 15.4. The molecule has 1 N–H and O–H groups in total. The van der Waals surface area contributed by atoms with Crippen LogP contribution in [0.3, 0.4) is 0 Å². The fourth-order valence-electron chi connectivity index (χ4n) is 2.96. The van der Waals surface area contributed by atoms with Crippen molar-refractivity contribution in [3.8, 4) is 5.75 Å². The van der Waals surface area contributed by atoms with Gasteiger partial charge in [0.1, 0.15) is 5.75 Å². The number of nitrogens with one attached hydrogen (secondary N) is 1. The van der Waals surface area contributed by atoms with Crippen molar-refractivity contribution in [2.45, 2.75) is 25.6 Å². The van der Waals surface area contributed by atoms with Crippen molar-refractivity contribution in [3.63, 3.8) is 0 Å². The summed E-state index contributed by atoms with van der Waals surface area (Å²) in [6.45, 7) is 3.91. The number of ether oxygens (including phenoxy) is 1. The minimum atomic E-state index is -4.73. The van der Waals surface area contributed by atoms with Crippen molar-refractivity contribution < 1.29 is 17.9 Å². The first-order chi connectivity index (χ1) is 10.6. The molecule has 1 aliphatic heterocycles. The molecule has 0 bridgehead atoms. The van der Waals surface area contributed by atoms with E-state index in [0.29, 0.717) is 21.4 Å². The average Bonchev–Trinajstić information content (AvgIpc) is 2.34. The molecule has 23 heavy (non-hydrogen) atoms. The summed E-state index contributed by atoms with van der Waals surface area (Å²) in [4.78, 5) is 0. The maximum Gasteiger partial charge on any atom is 0.573 e. The highest BCUT2D eigenvalue weighted by Gasteiger charge is 2.36. The molecule has 7 heteroatoms. The fraction of sp³-hybridized carbons (Fsp3) is 0.250. The van der Waals surface area contributed by atoms with Gasteiger partial charge in [-0.25, -0.2) is 0 Å². The van der Waals surface area contributed by atoms with Gasteiger partial charge in [-0.15, -0.1) is 13.2 Å². The Bertz CT molecular complexity index is 788. The zero-order valence-corrected chi connectivity index (χ0v) is 13.7. The van der Waals surface area contributed by atoms with Crippen LogP contribution < -0.4 is 10.1 Å². The predicted octanol–water partition coefficient (Wildman–Crippen LogP) is 6.27. The third-order valence-electron chi connectivity index (χ3n) is 3.85. The van der Waals surface area contributed by atoms with Gasteiger partial charge in [-0.1, -0.05) is 43.1 Å². The predicted molar refractivity (Wildman–Crippen MR) is 85.0 cm³/mol. The van der Waals surface area contributed by atoms with E-state index in [2.05, 4.69) is 10.1 Å². The van der Waals surface area contributed by atoms with Gasteiger partial charge in [-0.05, 0) is 23.8 Å². The van der Waals surface area contributed by atoms with E-state index in [-0.39, 0.29) is 5.75 Å². The van der Waals surface area contributed by atoms with Crippen molar-refractivity contribution >= 4 is 34.6 Å². The molecule has 1 aliphatic rings. The molecule has 0 radical (unpaired) electrons. The van der Waals surface area contributed by atoms with E-state index in [0.717, 1.165) is 11.1 Å². The number of hydrogen-bond acceptors (Lipinski definition) is 2. The average molecular weight is 362 g/mol. The third kappa shape index (κ3) is 2.95. The second kappa shape index (κ2) is 5.21. The van der Waals surface area contributed by atoms with Gasteiger partial charge in [0.05, 0.1) is 0 Å². The lowest BCUT2D eigenvalue weighted by Crippen LogP contribution is -2.26. The SMILES string of the molecule is CC1(C)c2ccc(OC(F)(F)F)cc2Nc2cc(Cl)cc(Cl)c21. The zero-order valence-electron chi connectivity index (χ0n) is 12.2. The van der Waals surface area contributed by atoms with Crippen LogP contribution in [0.15, 0.2) is 30.3 Å². The van der Waals surface area contributed by atoms with Crippen LogP contribution in [0.5, 0.6) is 5.75 Å². The molecule has 0 saturated heterocycles. The third-order valence-corrected chi connectivity index (χ3v) is 4.36. The Hall–Kier alpha value is -1.59. The lowest BCUT2D eigenvalue weighted by Gasteiger charge is -2.36. The Balaban J connectivity index is 2.12. The Morgan fingerprint density at radius 2 is 1.74 bits per heavy atom. The summed E-state index contributed by atoms with van der Waals surface area (Å²) < 4.78 is 41.2. The second-order valence-electron chi connectivity index (χ2n) is 5.82. The van der Waals surface area contributed by atoms with Crippen LogP contribution in [0, 0.1) is 0 Å². The molecule has 0 amide bonds. The Morgan fingerprint density at radius 1 is 1.04 bits per heavy atom. The van der Waals surface area contributed by atoms with Crippen LogP contribution in [0.1, 0.15) is 25.0 Å². The molecular formula is C16H12Cl2F3NO. The van der Waals surface area contributed by atoms with E-state index in [9.17, 15) is 13.2 Å². The van der Waals surface area contributed by atoms with Gasteiger partial charge in [-0.2, -0.15) is 0 Å². The monoisotopic (exact) mass is 361 g/mol. The largest absolute Gasteiger partial charge is 0.573 e. The molecule has 1 heterocycles. The van der Waals surface area contributed by atoms with Crippen LogP contribution in [0.2, 0.25) is 10.0 Å². The maximum atomic E-state index is 12.4. The number of halogens is 5. The maximum absolute atomic E-state index is 12.4. The number of alkyl halides is 3. The minimum absolute atomic E-state index is 0.281. The van der Waals surface area contributed by atoms with E-state index < -0.39 is 11.8 Å². The summed E-state index contributed by atoms with van der Waals surface area (Å²) >= 11 is 12.3. The first-order valence-electron chi connectivity index (χ1n) is 6.75. The van der Waals surface area contributed by atoms with Crippen LogP contribution >= 0.6 is 23.2 Å². The number of fused-ring (bicyclic) bond motifs is 2. The standard InChI is InChI=1S/C16H12Cl2F3NO/c1-15(2)10-4-3-9(23-16(19,20)21)7-12(10)22-13-6-8(17)5-11(18)14(13)15/h3-7,22H,1-2H3. The summed E-state index contributed by atoms with van der Waals surface area (Å²) in [6.07, 6.45) is -4.73. The lowest BCUT2D eigenvalue weighted by molar-refractivity contribution is -0.274. The number of hydrogen-bond donors (Lipinski definition) is 1. The summed E-state index contributed by atoms with van der Waals surface area (Å²) in [5.41, 5.74) is 2.38.